The second-order valence-electron chi connectivity index (χ2n) is 7.46. The van der Waals surface area contributed by atoms with Crippen LogP contribution in [-0.4, -0.2) is 49.5 Å². The Balaban J connectivity index is 0.00000364. The molecule has 6 heteroatoms. The van der Waals surface area contributed by atoms with Gasteiger partial charge in [0.05, 0.1) is 12.1 Å². The minimum absolute atomic E-state index is 0. The van der Waals surface area contributed by atoms with Gasteiger partial charge in [0.25, 0.3) is 0 Å². The lowest BCUT2D eigenvalue weighted by atomic mass is 9.95. The standard InChI is InChI=1S/C21H35N3O2.HI/c1-4-22-20(24-16-21(25)11-14-26-15-12-21)23-13-5-6-18-7-9-19(10-8-18)17(2)3;/h7-10,17,25H,4-6,11-16H2,1-3H3,(H2,22,23,24);1H. The summed E-state index contributed by atoms with van der Waals surface area (Å²) in [6, 6.07) is 8.92. The number of halogens is 1. The molecule has 0 amide bonds. The first-order valence-corrected chi connectivity index (χ1v) is 9.93. The van der Waals surface area contributed by atoms with Crippen molar-refractivity contribution in [2.75, 3.05) is 32.8 Å². The molecule has 0 bridgehead atoms. The van der Waals surface area contributed by atoms with Crippen molar-refractivity contribution < 1.29 is 9.84 Å². The first-order chi connectivity index (χ1) is 12.5. The second-order valence-corrected chi connectivity index (χ2v) is 7.46. The summed E-state index contributed by atoms with van der Waals surface area (Å²) in [7, 11) is 0. The summed E-state index contributed by atoms with van der Waals surface area (Å²) in [5.41, 5.74) is 2.04. The van der Waals surface area contributed by atoms with Gasteiger partial charge >= 0.3 is 0 Å². The van der Waals surface area contributed by atoms with Crippen molar-refractivity contribution in [3.8, 4) is 0 Å². The number of hydrogen-bond donors (Lipinski definition) is 3. The average Bonchev–Trinajstić information content (AvgIpc) is 2.64. The monoisotopic (exact) mass is 489 g/mol. The lowest BCUT2D eigenvalue weighted by Crippen LogP contribution is -2.42. The maximum Gasteiger partial charge on any atom is 0.191 e. The number of hydrogen-bond acceptors (Lipinski definition) is 3. The molecule has 3 N–H and O–H groups in total. The number of aliphatic imine (C=N–C) groups is 1. The van der Waals surface area contributed by atoms with Crippen molar-refractivity contribution >= 4 is 29.9 Å². The van der Waals surface area contributed by atoms with Crippen LogP contribution in [0.4, 0.5) is 0 Å². The second kappa shape index (κ2) is 12.6. The molecule has 1 aliphatic heterocycles. The van der Waals surface area contributed by atoms with E-state index in [1.54, 1.807) is 0 Å². The van der Waals surface area contributed by atoms with Gasteiger partial charge in [0.1, 0.15) is 0 Å². The van der Waals surface area contributed by atoms with Gasteiger partial charge in [0, 0.05) is 39.1 Å². The summed E-state index contributed by atoms with van der Waals surface area (Å²) in [4.78, 5) is 4.57. The molecule has 0 spiro atoms. The van der Waals surface area contributed by atoms with Gasteiger partial charge in [-0.2, -0.15) is 0 Å². The van der Waals surface area contributed by atoms with E-state index in [0.29, 0.717) is 38.5 Å². The summed E-state index contributed by atoms with van der Waals surface area (Å²) in [5.74, 6) is 1.36. The van der Waals surface area contributed by atoms with Gasteiger partial charge in [0.15, 0.2) is 5.96 Å². The van der Waals surface area contributed by atoms with E-state index in [0.717, 1.165) is 31.9 Å². The molecule has 154 valence electrons. The third-order valence-electron chi connectivity index (χ3n) is 4.88. The minimum atomic E-state index is -0.723. The van der Waals surface area contributed by atoms with E-state index in [4.69, 9.17) is 4.74 Å². The third kappa shape index (κ3) is 8.79. The lowest BCUT2D eigenvalue weighted by molar-refractivity contribution is -0.0565. The summed E-state index contributed by atoms with van der Waals surface area (Å²) in [6.45, 7) is 9.81. The largest absolute Gasteiger partial charge is 0.388 e. The highest BCUT2D eigenvalue weighted by Gasteiger charge is 2.29. The smallest absolute Gasteiger partial charge is 0.191 e. The molecule has 1 aromatic rings. The molecule has 0 aliphatic carbocycles. The van der Waals surface area contributed by atoms with Crippen LogP contribution in [0, 0.1) is 0 Å². The van der Waals surface area contributed by atoms with Crippen LogP contribution >= 0.6 is 24.0 Å². The van der Waals surface area contributed by atoms with Gasteiger partial charge in [-0.1, -0.05) is 38.1 Å². The third-order valence-corrected chi connectivity index (χ3v) is 4.88. The normalized spacial score (nSPS) is 16.7. The molecule has 1 aromatic carbocycles. The molecule has 0 radical (unpaired) electrons. The van der Waals surface area contributed by atoms with Crippen LogP contribution in [0.1, 0.15) is 57.1 Å². The summed E-state index contributed by atoms with van der Waals surface area (Å²) in [5, 5.41) is 17.2. The molecule has 1 saturated heterocycles. The number of benzene rings is 1. The molecule has 0 atom stereocenters. The van der Waals surface area contributed by atoms with E-state index in [1.807, 2.05) is 0 Å². The number of ether oxygens (including phenoxy) is 1. The number of aryl methyl sites for hydroxylation is 1. The van der Waals surface area contributed by atoms with E-state index < -0.39 is 5.60 Å². The Kier molecular flexibility index (Phi) is 11.3. The molecule has 0 saturated carbocycles. The number of guanidine groups is 1. The molecule has 1 fully saturated rings. The fraction of sp³-hybridized carbons (Fsp3) is 0.667. The minimum Gasteiger partial charge on any atom is -0.388 e. The average molecular weight is 489 g/mol. The Bertz CT molecular complexity index is 555. The quantitative estimate of drug-likeness (QED) is 0.227. The van der Waals surface area contributed by atoms with Gasteiger partial charge in [-0.15, -0.1) is 24.0 Å². The molecular weight excluding hydrogens is 453 g/mol. The van der Waals surface area contributed by atoms with Crippen LogP contribution in [0.5, 0.6) is 0 Å². The SMILES string of the molecule is CCNC(=NCC1(O)CCOCC1)NCCCc1ccc(C(C)C)cc1.I. The zero-order valence-corrected chi connectivity index (χ0v) is 19.3. The first-order valence-electron chi connectivity index (χ1n) is 9.93. The highest BCUT2D eigenvalue weighted by atomic mass is 127. The van der Waals surface area contributed by atoms with E-state index in [9.17, 15) is 5.11 Å². The Hall–Kier alpha value is -0.860. The summed E-state index contributed by atoms with van der Waals surface area (Å²) in [6.07, 6.45) is 3.40. The van der Waals surface area contributed by atoms with Crippen molar-refractivity contribution in [3.63, 3.8) is 0 Å². The fourth-order valence-electron chi connectivity index (χ4n) is 3.05. The highest BCUT2D eigenvalue weighted by molar-refractivity contribution is 14.0. The maximum absolute atomic E-state index is 10.5. The van der Waals surface area contributed by atoms with Crippen LogP contribution in [0.2, 0.25) is 0 Å². The number of nitrogens with one attached hydrogen (secondary N) is 2. The van der Waals surface area contributed by atoms with E-state index in [-0.39, 0.29) is 24.0 Å². The first kappa shape index (κ1) is 24.2. The van der Waals surface area contributed by atoms with Crippen molar-refractivity contribution in [2.24, 2.45) is 4.99 Å². The van der Waals surface area contributed by atoms with Gasteiger partial charge in [-0.3, -0.25) is 4.99 Å². The van der Waals surface area contributed by atoms with Crippen molar-refractivity contribution in [2.45, 2.75) is 58.0 Å². The molecule has 1 aliphatic rings. The van der Waals surface area contributed by atoms with Crippen LogP contribution < -0.4 is 10.6 Å². The van der Waals surface area contributed by atoms with Crippen molar-refractivity contribution in [1.29, 1.82) is 0 Å². The molecule has 0 aromatic heterocycles. The molecule has 2 rings (SSSR count). The van der Waals surface area contributed by atoms with Crippen LogP contribution in [0.15, 0.2) is 29.3 Å². The van der Waals surface area contributed by atoms with Crippen molar-refractivity contribution in [1.82, 2.24) is 10.6 Å². The number of aliphatic hydroxyl groups is 1. The van der Waals surface area contributed by atoms with E-state index in [1.165, 1.54) is 11.1 Å². The maximum atomic E-state index is 10.5. The number of rotatable bonds is 8. The predicted molar refractivity (Wildman–Crippen MR) is 123 cm³/mol. The Labute approximate surface area is 181 Å². The fourth-order valence-corrected chi connectivity index (χ4v) is 3.05. The van der Waals surface area contributed by atoms with Crippen LogP contribution in [-0.2, 0) is 11.2 Å². The van der Waals surface area contributed by atoms with Crippen molar-refractivity contribution in [3.05, 3.63) is 35.4 Å². The highest BCUT2D eigenvalue weighted by Crippen LogP contribution is 2.20. The van der Waals surface area contributed by atoms with Gasteiger partial charge < -0.3 is 20.5 Å². The Morgan fingerprint density at radius 1 is 1.19 bits per heavy atom. The molecule has 0 unspecified atom stereocenters. The summed E-state index contributed by atoms with van der Waals surface area (Å²) >= 11 is 0. The zero-order chi connectivity index (χ0) is 18.8. The molecule has 5 nitrogen and oxygen atoms in total. The van der Waals surface area contributed by atoms with Crippen LogP contribution in [0.3, 0.4) is 0 Å². The topological polar surface area (TPSA) is 65.9 Å². The number of nitrogens with zero attached hydrogens (tertiary/aromatic N) is 1. The molecular formula is C21H36IN3O2. The van der Waals surface area contributed by atoms with Gasteiger partial charge in [-0.25, -0.2) is 0 Å². The lowest BCUT2D eigenvalue weighted by Gasteiger charge is -2.30. The summed E-state index contributed by atoms with van der Waals surface area (Å²) < 4.78 is 5.32. The Morgan fingerprint density at radius 2 is 1.85 bits per heavy atom. The Morgan fingerprint density at radius 3 is 2.44 bits per heavy atom. The van der Waals surface area contributed by atoms with Crippen LogP contribution in [0.25, 0.3) is 0 Å². The van der Waals surface area contributed by atoms with Gasteiger partial charge in [-0.05, 0) is 36.8 Å². The van der Waals surface area contributed by atoms with Gasteiger partial charge in [0.2, 0.25) is 0 Å². The van der Waals surface area contributed by atoms with E-state index in [2.05, 4.69) is 60.7 Å². The van der Waals surface area contributed by atoms with E-state index >= 15 is 0 Å². The molecule has 1 heterocycles. The predicted octanol–water partition coefficient (Wildman–Crippen LogP) is 3.46. The molecule has 27 heavy (non-hydrogen) atoms. The zero-order valence-electron chi connectivity index (χ0n) is 17.0.